The predicted molar refractivity (Wildman–Crippen MR) is 276 cm³/mol. The molecule has 0 fully saturated rings. The first-order valence-corrected chi connectivity index (χ1v) is 24.2. The minimum Gasteiger partial charge on any atom is -0.301 e. The predicted octanol–water partition coefficient (Wildman–Crippen LogP) is 14.5. The Kier molecular flexibility index (Phi) is 10.2. The van der Waals surface area contributed by atoms with E-state index >= 15 is 0 Å². The van der Waals surface area contributed by atoms with Crippen molar-refractivity contribution in [2.75, 3.05) is 9.80 Å². The maximum Gasteiger partial charge on any atom is 0.300 e. The third kappa shape index (κ3) is 7.77. The zero-order valence-corrected chi connectivity index (χ0v) is 41.7. The highest BCUT2D eigenvalue weighted by atomic mass is 32.1. The molecule has 7 aromatic rings. The number of hydrogen-bond acceptors (Lipinski definition) is 6. The molecular weight excluding hydrogens is 804 g/mol. The Morgan fingerprint density at radius 3 is 0.952 bits per heavy atom. The highest BCUT2D eigenvalue weighted by Gasteiger charge is 2.48. The molecule has 2 aliphatic rings. The van der Waals surface area contributed by atoms with E-state index in [9.17, 15) is 0 Å². The molecular formula is C56H63BN4S2. The Balaban J connectivity index is 1.34. The molecule has 0 radical (unpaired) electrons. The Morgan fingerprint density at radius 1 is 0.381 bits per heavy atom. The maximum absolute atomic E-state index is 5.72. The van der Waals surface area contributed by atoms with Gasteiger partial charge in [-0.15, -0.1) is 0 Å². The van der Waals surface area contributed by atoms with Crippen LogP contribution in [0.5, 0.6) is 0 Å². The van der Waals surface area contributed by atoms with Crippen molar-refractivity contribution in [3.8, 4) is 21.1 Å². The molecule has 5 aromatic carbocycles. The van der Waals surface area contributed by atoms with E-state index in [1.807, 2.05) is 0 Å². The molecule has 63 heavy (non-hydrogen) atoms. The fraction of sp³-hybridized carbons (Fsp3) is 0.357. The highest BCUT2D eigenvalue weighted by molar-refractivity contribution is 7.24. The Labute approximate surface area is 385 Å². The van der Waals surface area contributed by atoms with Crippen LogP contribution in [-0.2, 0) is 27.1 Å². The van der Waals surface area contributed by atoms with Gasteiger partial charge in [-0.1, -0.05) is 199 Å². The summed E-state index contributed by atoms with van der Waals surface area (Å²) in [6, 6.07) is 41.6. The molecule has 0 aliphatic carbocycles. The Hall–Kier alpha value is -4.98. The van der Waals surface area contributed by atoms with E-state index in [1.165, 1.54) is 44.7 Å². The lowest BCUT2D eigenvalue weighted by Gasteiger charge is -2.41. The number of hydrogen-bond donors (Lipinski definition) is 0. The number of benzene rings is 5. The minimum absolute atomic E-state index is 0.0354. The van der Waals surface area contributed by atoms with Crippen molar-refractivity contribution in [1.29, 1.82) is 0 Å². The third-order valence-electron chi connectivity index (χ3n) is 13.0. The SMILES string of the molecule is CC(C)(C)c1ccc(-c2nc3c(s2)N(c2ccc(C(C)(C)C)cc2)c2cc(C(C)(C)C)cc4c2B3c2nc(-c3ccc(C(C)(C)C)cc3)sc2N4c2ccc(C(C)(C)C)cc2)cc1. The van der Waals surface area contributed by atoms with Crippen LogP contribution in [-0.4, -0.2) is 16.7 Å². The maximum atomic E-state index is 5.72. The van der Waals surface area contributed by atoms with Crippen molar-refractivity contribution < 1.29 is 0 Å². The highest BCUT2D eigenvalue weighted by Crippen LogP contribution is 2.50. The first kappa shape index (κ1) is 43.3. The summed E-state index contributed by atoms with van der Waals surface area (Å²) in [7, 11) is 0. The number of fused-ring (bicyclic) bond motifs is 4. The fourth-order valence-corrected chi connectivity index (χ4v) is 11.2. The van der Waals surface area contributed by atoms with Gasteiger partial charge >= 0.3 is 6.71 Å². The molecule has 2 aliphatic heterocycles. The van der Waals surface area contributed by atoms with Gasteiger partial charge in [0, 0.05) is 33.9 Å². The fourth-order valence-electron chi connectivity index (χ4n) is 8.89. The van der Waals surface area contributed by atoms with Gasteiger partial charge in [0.05, 0.1) is 11.2 Å². The summed E-state index contributed by atoms with van der Waals surface area (Å²) < 4.78 is 0. The van der Waals surface area contributed by atoms with Crippen molar-refractivity contribution in [3.63, 3.8) is 0 Å². The summed E-state index contributed by atoms with van der Waals surface area (Å²) in [5, 5.41) is 4.36. The molecule has 4 nitrogen and oxygen atoms in total. The molecule has 7 heteroatoms. The van der Waals surface area contributed by atoms with Crippen molar-refractivity contribution in [1.82, 2.24) is 9.97 Å². The lowest BCUT2D eigenvalue weighted by Crippen LogP contribution is -2.62. The topological polar surface area (TPSA) is 32.3 Å². The van der Waals surface area contributed by atoms with E-state index in [-0.39, 0.29) is 33.8 Å². The average molecular weight is 867 g/mol. The van der Waals surface area contributed by atoms with Crippen LogP contribution in [0, 0.1) is 0 Å². The Bertz CT molecular complexity index is 2640. The monoisotopic (exact) mass is 866 g/mol. The Morgan fingerprint density at radius 2 is 0.667 bits per heavy atom. The van der Waals surface area contributed by atoms with Gasteiger partial charge < -0.3 is 9.80 Å². The van der Waals surface area contributed by atoms with Gasteiger partial charge in [0.15, 0.2) is 0 Å². The normalized spacial score (nSPS) is 14.2. The van der Waals surface area contributed by atoms with E-state index in [0.29, 0.717) is 0 Å². The summed E-state index contributed by atoms with van der Waals surface area (Å²) in [6.07, 6.45) is 0. The standard InChI is InChI=1S/C56H63BN4S2/c1-52(2,3)36-20-16-34(17-21-36)48-58-46-50(62-48)60(41-28-24-38(25-29-41)54(7,8)9)43-32-40(56(13,14)15)33-44-45(43)57(46)47-51(61(44)42-30-26-39(27-31-42)55(10,11)12)63-49(59-47)35-18-22-37(23-19-35)53(4,5)6/h16-33H,1-15H3. The molecule has 9 rings (SSSR count). The summed E-state index contributed by atoms with van der Waals surface area (Å²) in [6.45, 7) is 34.2. The smallest absolute Gasteiger partial charge is 0.300 e. The van der Waals surface area contributed by atoms with Crippen LogP contribution in [0.15, 0.2) is 109 Å². The van der Waals surface area contributed by atoms with Crippen LogP contribution in [0.2, 0.25) is 0 Å². The molecule has 0 saturated carbocycles. The molecule has 322 valence electrons. The second kappa shape index (κ2) is 14.8. The first-order chi connectivity index (χ1) is 29.4. The molecule has 0 N–H and O–H groups in total. The van der Waals surface area contributed by atoms with Crippen LogP contribution in [0.4, 0.5) is 32.8 Å². The zero-order valence-electron chi connectivity index (χ0n) is 40.1. The zero-order chi connectivity index (χ0) is 45.2. The van der Waals surface area contributed by atoms with Gasteiger partial charge in [-0.3, -0.25) is 0 Å². The van der Waals surface area contributed by atoms with E-state index in [2.05, 4.69) is 223 Å². The quantitative estimate of drug-likeness (QED) is 0.165. The molecule has 0 amide bonds. The van der Waals surface area contributed by atoms with E-state index in [4.69, 9.17) is 9.97 Å². The lowest BCUT2D eigenvalue weighted by atomic mass is 9.37. The van der Waals surface area contributed by atoms with Gasteiger partial charge in [0.2, 0.25) is 0 Å². The molecule has 2 aromatic heterocycles. The molecule has 0 unspecified atom stereocenters. The number of thiazole rings is 2. The van der Waals surface area contributed by atoms with Crippen LogP contribution >= 0.6 is 22.7 Å². The minimum atomic E-state index is -0.165. The van der Waals surface area contributed by atoms with Crippen molar-refractivity contribution in [3.05, 3.63) is 137 Å². The summed E-state index contributed by atoms with van der Waals surface area (Å²) in [5.41, 5.74) is 17.0. The van der Waals surface area contributed by atoms with Gasteiger partial charge in [-0.05, 0) is 96.8 Å². The van der Waals surface area contributed by atoms with Gasteiger partial charge in [0.1, 0.15) is 20.0 Å². The molecule has 0 bridgehead atoms. The summed E-state index contributed by atoms with van der Waals surface area (Å²) >= 11 is 3.60. The van der Waals surface area contributed by atoms with Crippen LogP contribution in [0.1, 0.15) is 132 Å². The second-order valence-electron chi connectivity index (χ2n) is 22.9. The number of anilines is 6. The number of rotatable bonds is 4. The van der Waals surface area contributed by atoms with E-state index in [0.717, 1.165) is 53.7 Å². The van der Waals surface area contributed by atoms with Crippen molar-refractivity contribution in [2.24, 2.45) is 0 Å². The number of nitrogens with zero attached hydrogens (tertiary/aromatic N) is 4. The van der Waals surface area contributed by atoms with Crippen LogP contribution < -0.4 is 26.4 Å². The summed E-state index contributed by atoms with van der Waals surface area (Å²) in [5.74, 6) is 0. The van der Waals surface area contributed by atoms with Crippen molar-refractivity contribution >= 4 is 78.8 Å². The molecule has 0 spiro atoms. The molecule has 4 heterocycles. The molecule has 0 saturated heterocycles. The average Bonchev–Trinajstić information content (AvgIpc) is 3.85. The lowest BCUT2D eigenvalue weighted by molar-refractivity contribution is 0.590. The third-order valence-corrected chi connectivity index (χ3v) is 15.2. The molecule has 0 atom stereocenters. The van der Waals surface area contributed by atoms with E-state index < -0.39 is 0 Å². The number of aromatic nitrogens is 2. The van der Waals surface area contributed by atoms with Crippen molar-refractivity contribution in [2.45, 2.75) is 131 Å². The van der Waals surface area contributed by atoms with Gasteiger partial charge in [0.25, 0.3) is 0 Å². The van der Waals surface area contributed by atoms with Crippen LogP contribution in [0.25, 0.3) is 21.1 Å². The van der Waals surface area contributed by atoms with E-state index in [1.54, 1.807) is 22.7 Å². The first-order valence-electron chi connectivity index (χ1n) is 22.6. The largest absolute Gasteiger partial charge is 0.301 e. The van der Waals surface area contributed by atoms with Gasteiger partial charge in [-0.25, -0.2) is 9.97 Å². The van der Waals surface area contributed by atoms with Gasteiger partial charge in [-0.2, -0.15) is 0 Å². The second-order valence-corrected chi connectivity index (χ2v) is 24.9. The van der Waals surface area contributed by atoms with Crippen LogP contribution in [0.3, 0.4) is 0 Å². The summed E-state index contributed by atoms with van der Waals surface area (Å²) in [4.78, 5) is 16.5.